The van der Waals surface area contributed by atoms with Crippen LogP contribution in [0, 0.1) is 11.8 Å². The minimum absolute atomic E-state index is 0. The molecule has 0 aliphatic carbocycles. The smallest absolute Gasteiger partial charge is 0.0270 e. The van der Waals surface area contributed by atoms with Crippen LogP contribution in [-0.4, -0.2) is 11.0 Å². The lowest BCUT2D eigenvalue weighted by atomic mass is 10.2. The molecular weight excluding hydrogens is 160 g/mol. The van der Waals surface area contributed by atoms with Crippen LogP contribution < -0.4 is 0 Å². The highest BCUT2D eigenvalue weighted by Crippen LogP contribution is 1.94. The van der Waals surface area contributed by atoms with E-state index in [0.717, 1.165) is 12.0 Å². The highest BCUT2D eigenvalue weighted by Gasteiger charge is 1.78. The van der Waals surface area contributed by atoms with Crippen molar-refractivity contribution in [1.82, 2.24) is 0 Å². The van der Waals surface area contributed by atoms with Gasteiger partial charge >= 0.3 is 0 Å². The fourth-order valence-electron chi connectivity index (χ4n) is 0.747. The first-order chi connectivity index (χ1) is 5.43. The Balaban J connectivity index is 0.00000121. The Bertz CT molecular complexity index is 277. The maximum absolute atomic E-state index is 3.59. The van der Waals surface area contributed by atoms with Crippen LogP contribution in [0.5, 0.6) is 0 Å². The third kappa shape index (κ3) is 3.80. The molecule has 1 heteroatoms. The summed E-state index contributed by atoms with van der Waals surface area (Å²) in [7, 11) is 0. The van der Waals surface area contributed by atoms with E-state index in [9.17, 15) is 0 Å². The lowest BCUT2D eigenvalue weighted by molar-refractivity contribution is 1.48. The van der Waals surface area contributed by atoms with E-state index in [1.54, 1.807) is 6.08 Å². The van der Waals surface area contributed by atoms with Gasteiger partial charge in [0.1, 0.15) is 0 Å². The number of hydrogen-bond acceptors (Lipinski definition) is 0. The van der Waals surface area contributed by atoms with Crippen LogP contribution in [0.3, 0.4) is 0 Å². The average Bonchev–Trinajstić information content (AvgIpc) is 2.07. The van der Waals surface area contributed by atoms with Crippen LogP contribution in [0.25, 0.3) is 0 Å². The van der Waals surface area contributed by atoms with Crippen LogP contribution in [0.2, 0.25) is 0 Å². The van der Waals surface area contributed by atoms with Crippen molar-refractivity contribution in [3.8, 4) is 11.8 Å². The summed E-state index contributed by atoms with van der Waals surface area (Å²) in [5, 5.41) is 0. The Labute approximate surface area is 78.3 Å². The van der Waals surface area contributed by atoms with Crippen molar-refractivity contribution in [2.24, 2.45) is 0 Å². The molecule has 0 aliphatic heterocycles. The number of allylic oxidation sites excluding steroid dienone is 1. The molecule has 0 saturated heterocycles. The highest BCUT2D eigenvalue weighted by atomic mass is 28.1. The number of hydrogen-bond donors (Lipinski definition) is 0. The molecule has 1 aromatic rings. The summed E-state index contributed by atoms with van der Waals surface area (Å²) < 4.78 is 0. The Hall–Kier alpha value is -1.26. The van der Waals surface area contributed by atoms with Crippen molar-refractivity contribution in [2.75, 3.05) is 0 Å². The molecular formula is C11H14Si. The molecule has 0 aromatic heterocycles. The molecule has 0 fully saturated rings. The molecule has 0 saturated carbocycles. The summed E-state index contributed by atoms with van der Waals surface area (Å²) in [5.41, 5.74) is 1.06. The van der Waals surface area contributed by atoms with E-state index in [4.69, 9.17) is 0 Å². The standard InChI is InChI=1S/C11H10.H4Si/c1-2-3-5-8-11-9-6-4-7-10-11;/h2,4,6-7,9-10H,1,3H2;1H4. The first-order valence-electron chi connectivity index (χ1n) is 3.58. The van der Waals surface area contributed by atoms with Gasteiger partial charge in [-0.05, 0) is 23.1 Å². The highest BCUT2D eigenvalue weighted by molar-refractivity contribution is 5.75. The second-order valence-electron chi connectivity index (χ2n) is 2.16. The van der Waals surface area contributed by atoms with Crippen molar-refractivity contribution in [3.63, 3.8) is 0 Å². The maximum Gasteiger partial charge on any atom is 0.0270 e. The summed E-state index contributed by atoms with van der Waals surface area (Å²) >= 11 is 0. The van der Waals surface area contributed by atoms with Gasteiger partial charge in [0.15, 0.2) is 0 Å². The SMILES string of the molecule is C=CCC#Cc1ccccc1.[SiH4]. The Morgan fingerprint density at radius 3 is 2.50 bits per heavy atom. The number of benzene rings is 1. The lowest BCUT2D eigenvalue weighted by Crippen LogP contribution is -1.69. The predicted octanol–water partition coefficient (Wildman–Crippen LogP) is 1.16. The first kappa shape index (κ1) is 10.7. The van der Waals surface area contributed by atoms with Gasteiger partial charge in [0.2, 0.25) is 0 Å². The minimum Gasteiger partial charge on any atom is -0.102 e. The van der Waals surface area contributed by atoms with Crippen LogP contribution in [0.15, 0.2) is 43.0 Å². The molecule has 1 rings (SSSR count). The number of rotatable bonds is 1. The van der Waals surface area contributed by atoms with E-state index in [1.165, 1.54) is 0 Å². The molecule has 0 amide bonds. The van der Waals surface area contributed by atoms with E-state index in [0.29, 0.717) is 0 Å². The quantitative estimate of drug-likeness (QED) is 0.340. The van der Waals surface area contributed by atoms with Gasteiger partial charge < -0.3 is 0 Å². The largest absolute Gasteiger partial charge is 0.102 e. The Morgan fingerprint density at radius 1 is 1.25 bits per heavy atom. The fourth-order valence-corrected chi connectivity index (χ4v) is 0.747. The van der Waals surface area contributed by atoms with Gasteiger partial charge in [-0.3, -0.25) is 0 Å². The topological polar surface area (TPSA) is 0 Å². The van der Waals surface area contributed by atoms with Gasteiger partial charge in [-0.1, -0.05) is 36.1 Å². The lowest BCUT2D eigenvalue weighted by Gasteiger charge is -1.84. The van der Waals surface area contributed by atoms with Gasteiger partial charge in [-0.25, -0.2) is 0 Å². The Morgan fingerprint density at radius 2 is 1.92 bits per heavy atom. The van der Waals surface area contributed by atoms with Gasteiger partial charge in [-0.2, -0.15) is 0 Å². The molecule has 0 radical (unpaired) electrons. The summed E-state index contributed by atoms with van der Waals surface area (Å²) in [6.07, 6.45) is 2.56. The zero-order chi connectivity index (χ0) is 7.94. The zero-order valence-corrected chi connectivity index (χ0v) is 6.38. The van der Waals surface area contributed by atoms with Crippen LogP contribution in [0.4, 0.5) is 0 Å². The molecule has 0 nitrogen and oxygen atoms in total. The predicted molar refractivity (Wildman–Crippen MR) is 59.5 cm³/mol. The molecule has 12 heavy (non-hydrogen) atoms. The zero-order valence-electron chi connectivity index (χ0n) is 6.38. The summed E-state index contributed by atoms with van der Waals surface area (Å²) in [5.74, 6) is 6.01. The third-order valence-corrected chi connectivity index (χ3v) is 1.25. The minimum atomic E-state index is 0. The second kappa shape index (κ2) is 6.45. The second-order valence-corrected chi connectivity index (χ2v) is 2.16. The van der Waals surface area contributed by atoms with Gasteiger partial charge in [0, 0.05) is 12.0 Å². The normalized spacial score (nSPS) is 7.33. The molecule has 0 unspecified atom stereocenters. The molecule has 1 aromatic carbocycles. The van der Waals surface area contributed by atoms with Crippen molar-refractivity contribution in [1.29, 1.82) is 0 Å². The van der Waals surface area contributed by atoms with E-state index < -0.39 is 0 Å². The van der Waals surface area contributed by atoms with Gasteiger partial charge in [-0.15, -0.1) is 6.58 Å². The molecule has 0 bridgehead atoms. The summed E-state index contributed by atoms with van der Waals surface area (Å²) in [6.45, 7) is 3.59. The van der Waals surface area contributed by atoms with Crippen LogP contribution in [-0.2, 0) is 0 Å². The van der Waals surface area contributed by atoms with Crippen LogP contribution >= 0.6 is 0 Å². The molecule has 0 aliphatic rings. The maximum atomic E-state index is 3.59. The fraction of sp³-hybridized carbons (Fsp3) is 0.0909. The monoisotopic (exact) mass is 174 g/mol. The van der Waals surface area contributed by atoms with E-state index in [2.05, 4.69) is 18.4 Å². The summed E-state index contributed by atoms with van der Waals surface area (Å²) in [6, 6.07) is 9.95. The third-order valence-electron chi connectivity index (χ3n) is 1.25. The first-order valence-corrected chi connectivity index (χ1v) is 3.58. The van der Waals surface area contributed by atoms with E-state index in [-0.39, 0.29) is 11.0 Å². The molecule has 0 spiro atoms. The van der Waals surface area contributed by atoms with Crippen molar-refractivity contribution in [2.45, 2.75) is 6.42 Å². The Kier molecular flexibility index (Phi) is 5.77. The average molecular weight is 174 g/mol. The van der Waals surface area contributed by atoms with Crippen molar-refractivity contribution in [3.05, 3.63) is 48.6 Å². The molecule has 0 N–H and O–H groups in total. The van der Waals surface area contributed by atoms with Gasteiger partial charge in [0.05, 0.1) is 0 Å². The van der Waals surface area contributed by atoms with E-state index >= 15 is 0 Å². The summed E-state index contributed by atoms with van der Waals surface area (Å²) in [4.78, 5) is 0. The molecule has 0 atom stereocenters. The van der Waals surface area contributed by atoms with Crippen LogP contribution in [0.1, 0.15) is 12.0 Å². The molecule has 62 valence electrons. The van der Waals surface area contributed by atoms with Crippen molar-refractivity contribution >= 4 is 11.0 Å². The van der Waals surface area contributed by atoms with Crippen molar-refractivity contribution < 1.29 is 0 Å². The van der Waals surface area contributed by atoms with Gasteiger partial charge in [0.25, 0.3) is 0 Å². The molecule has 0 heterocycles. The van der Waals surface area contributed by atoms with E-state index in [1.807, 2.05) is 30.3 Å².